The number of aliphatic hydroxyl groups is 5. The molecule has 0 amide bonds. The van der Waals surface area contributed by atoms with Crippen molar-refractivity contribution in [3.8, 4) is 0 Å². The maximum Gasteiger partial charge on any atom is 0.311 e. The predicted molar refractivity (Wildman–Crippen MR) is 185 cm³/mol. The highest BCUT2D eigenvalue weighted by atomic mass is 16.7. The van der Waals surface area contributed by atoms with Crippen LogP contribution >= 0.6 is 0 Å². The van der Waals surface area contributed by atoms with Gasteiger partial charge in [-0.2, -0.15) is 0 Å². The lowest BCUT2D eigenvalue weighted by molar-refractivity contribution is -0.317. The van der Waals surface area contributed by atoms with Crippen molar-refractivity contribution >= 4 is 5.97 Å². The summed E-state index contributed by atoms with van der Waals surface area (Å²) in [5, 5.41) is 60.6. The Kier molecular flexibility index (Phi) is 14.7. The number of aliphatic hydroxyl groups excluding tert-OH is 3. The highest BCUT2D eigenvalue weighted by molar-refractivity contribution is 5.73. The van der Waals surface area contributed by atoms with Crippen molar-refractivity contribution in [1.29, 1.82) is 0 Å². The summed E-state index contributed by atoms with van der Waals surface area (Å²) < 4.78 is 37.1. The molecular weight excluding hydrogens is 652 g/mol. The van der Waals surface area contributed by atoms with Crippen LogP contribution in [-0.2, 0) is 33.2 Å². The summed E-state index contributed by atoms with van der Waals surface area (Å²) in [5.41, 5.74) is -4.38. The molecule has 3 fully saturated rings. The average Bonchev–Trinajstić information content (AvgIpc) is 3.03. The van der Waals surface area contributed by atoms with Gasteiger partial charge in [0.25, 0.3) is 0 Å². The van der Waals surface area contributed by atoms with Crippen LogP contribution in [0.1, 0.15) is 88.5 Å². The number of cyclic esters (lactones) is 1. The number of ether oxygens (including phenoxy) is 6. The van der Waals surface area contributed by atoms with Crippen LogP contribution in [0.5, 0.6) is 0 Å². The molecule has 14 heteroatoms. The molecule has 0 bridgehead atoms. The third-order valence-electron chi connectivity index (χ3n) is 11.6. The van der Waals surface area contributed by atoms with E-state index in [0.29, 0.717) is 13.0 Å². The molecule has 0 spiro atoms. The van der Waals surface area contributed by atoms with E-state index >= 15 is 0 Å². The molecule has 3 heterocycles. The van der Waals surface area contributed by atoms with E-state index in [1.807, 2.05) is 32.8 Å². The smallest absolute Gasteiger partial charge is 0.311 e. The third kappa shape index (κ3) is 9.74. The number of hydrogen-bond donors (Lipinski definition) is 6. The van der Waals surface area contributed by atoms with Gasteiger partial charge >= 0.3 is 5.97 Å². The molecule has 0 radical (unpaired) electrons. The Labute approximate surface area is 299 Å². The minimum atomic E-state index is -1.79. The fraction of sp³-hybridized carbons (Fsp3) is 0.972. The summed E-state index contributed by atoms with van der Waals surface area (Å²) >= 11 is 0. The minimum Gasteiger partial charge on any atom is -0.459 e. The summed E-state index contributed by atoms with van der Waals surface area (Å²) in [7, 11) is 5.26. The largest absolute Gasteiger partial charge is 0.459 e. The van der Waals surface area contributed by atoms with Gasteiger partial charge in [0, 0.05) is 38.1 Å². The topological polar surface area (TPSA) is 189 Å². The van der Waals surface area contributed by atoms with Crippen molar-refractivity contribution in [2.24, 2.45) is 17.8 Å². The normalized spacial score (nSPS) is 50.7. The quantitative estimate of drug-likeness (QED) is 0.215. The molecule has 0 aromatic heterocycles. The summed E-state index contributed by atoms with van der Waals surface area (Å²) in [6.45, 7) is 17.4. The van der Waals surface area contributed by atoms with Crippen molar-refractivity contribution in [3.63, 3.8) is 0 Å². The van der Waals surface area contributed by atoms with Crippen LogP contribution in [-0.4, -0.2) is 154 Å². The van der Waals surface area contributed by atoms with E-state index in [1.54, 1.807) is 41.5 Å². The number of nitrogens with zero attached hydrogens (tertiary/aromatic N) is 1. The van der Waals surface area contributed by atoms with Gasteiger partial charge in [0.15, 0.2) is 12.6 Å². The highest BCUT2D eigenvalue weighted by Gasteiger charge is 2.52. The standard InChI is InChI=1S/C36H68N2O12/c1-18-17-37-19(2)15-34(8,43)31(50-33-27(39)25(38(11)12)14-20(3)46-33)21(4)28(22(5)32(42)48-24(7)36(10,44)29(18)40)49-26-16-35(9,45-13)30(41)23(6)47-26/h18-31,33,37,39-41,43-44H,14-17H2,1-13H3/t18-,19+,20?,21-,22+,23?,24+,25?,26?,27?,28-,29+,30?,31+,33?,34-,35?,36+/m0/s1. The highest BCUT2D eigenvalue weighted by Crippen LogP contribution is 2.39. The van der Waals surface area contributed by atoms with E-state index in [-0.39, 0.29) is 31.0 Å². The fourth-order valence-electron chi connectivity index (χ4n) is 7.93. The van der Waals surface area contributed by atoms with E-state index in [9.17, 15) is 30.3 Å². The van der Waals surface area contributed by atoms with Gasteiger partial charge in [-0.1, -0.05) is 13.8 Å². The van der Waals surface area contributed by atoms with Crippen molar-refractivity contribution in [2.75, 3.05) is 27.7 Å². The molecule has 0 aromatic rings. The minimum absolute atomic E-state index is 0.130. The van der Waals surface area contributed by atoms with E-state index in [1.165, 1.54) is 21.0 Å². The molecule has 6 N–H and O–H groups in total. The first-order valence-electron chi connectivity index (χ1n) is 18.2. The van der Waals surface area contributed by atoms with Gasteiger partial charge in [0.2, 0.25) is 0 Å². The van der Waals surface area contributed by atoms with E-state index in [0.717, 1.165) is 0 Å². The first kappa shape index (κ1) is 43.4. The van der Waals surface area contributed by atoms with Crippen LogP contribution < -0.4 is 5.32 Å². The van der Waals surface area contributed by atoms with Gasteiger partial charge in [-0.15, -0.1) is 0 Å². The predicted octanol–water partition coefficient (Wildman–Crippen LogP) is 1.17. The second-order valence-electron chi connectivity index (χ2n) is 16.4. The van der Waals surface area contributed by atoms with Crippen molar-refractivity contribution in [3.05, 3.63) is 0 Å². The van der Waals surface area contributed by atoms with Gasteiger partial charge in [0.1, 0.15) is 23.9 Å². The Balaban J connectivity index is 2.13. The number of likely N-dealkylation sites (N-methyl/N-ethyl adjacent to an activating group) is 1. The lowest BCUT2D eigenvalue weighted by Gasteiger charge is -2.48. The van der Waals surface area contributed by atoms with Crippen LogP contribution in [0.4, 0.5) is 0 Å². The molecule has 8 unspecified atom stereocenters. The molecule has 3 aliphatic heterocycles. The SMILES string of the molecule is COC1(C)CC(O[C@H]2[C@H](C)[C@@H](OC3OC(C)CC(N(C)C)C3O)[C@@](C)(O)C[C@@H](C)NC[C@H](C)[C@@H](O)[C@](C)(O)[C@@H](C)OC(=O)[C@@H]2C)OC(C)C1O. The lowest BCUT2D eigenvalue weighted by Crippen LogP contribution is -2.60. The lowest BCUT2D eigenvalue weighted by atomic mass is 9.78. The van der Waals surface area contributed by atoms with Crippen LogP contribution in [0.2, 0.25) is 0 Å². The summed E-state index contributed by atoms with van der Waals surface area (Å²) in [4.78, 5) is 15.9. The van der Waals surface area contributed by atoms with E-state index < -0.39 is 95.8 Å². The number of methoxy groups -OCH3 is 1. The molecule has 3 saturated heterocycles. The van der Waals surface area contributed by atoms with Crippen molar-refractivity contribution in [1.82, 2.24) is 10.2 Å². The first-order valence-corrected chi connectivity index (χ1v) is 18.2. The zero-order valence-corrected chi connectivity index (χ0v) is 32.5. The van der Waals surface area contributed by atoms with E-state index in [2.05, 4.69) is 5.32 Å². The van der Waals surface area contributed by atoms with E-state index in [4.69, 9.17) is 28.4 Å². The van der Waals surface area contributed by atoms with Crippen LogP contribution in [0.3, 0.4) is 0 Å². The average molecular weight is 721 g/mol. The number of carbonyl (C=O) groups excluding carboxylic acids is 1. The summed E-state index contributed by atoms with van der Waals surface area (Å²) in [6.07, 6.45) is -8.52. The summed E-state index contributed by atoms with van der Waals surface area (Å²) in [6, 6.07) is -0.567. The number of rotatable bonds is 6. The second-order valence-corrected chi connectivity index (χ2v) is 16.4. The third-order valence-corrected chi connectivity index (χ3v) is 11.6. The Hall–Kier alpha value is -1.01. The van der Waals surface area contributed by atoms with Crippen LogP contribution in [0.15, 0.2) is 0 Å². The van der Waals surface area contributed by atoms with Crippen molar-refractivity contribution in [2.45, 2.75) is 179 Å². The second kappa shape index (κ2) is 17.0. The zero-order valence-electron chi connectivity index (χ0n) is 32.5. The van der Waals surface area contributed by atoms with Crippen LogP contribution in [0, 0.1) is 17.8 Å². The van der Waals surface area contributed by atoms with Gasteiger partial charge in [-0.25, -0.2) is 0 Å². The number of hydrogen-bond acceptors (Lipinski definition) is 14. The molecular formula is C36H68N2O12. The molecule has 0 aliphatic carbocycles. The zero-order chi connectivity index (χ0) is 38.1. The maximum atomic E-state index is 14.0. The molecule has 14 nitrogen and oxygen atoms in total. The van der Waals surface area contributed by atoms with Gasteiger partial charge in [0.05, 0.1) is 47.6 Å². The Morgan fingerprint density at radius 3 is 2.10 bits per heavy atom. The Morgan fingerprint density at radius 2 is 1.52 bits per heavy atom. The number of carbonyl (C=O) groups is 1. The van der Waals surface area contributed by atoms with Gasteiger partial charge < -0.3 is 64.2 Å². The molecule has 3 rings (SSSR count). The molecule has 0 aromatic carbocycles. The molecule has 294 valence electrons. The van der Waals surface area contributed by atoms with Gasteiger partial charge in [-0.3, -0.25) is 4.79 Å². The van der Waals surface area contributed by atoms with Crippen LogP contribution in [0.25, 0.3) is 0 Å². The first-order chi connectivity index (χ1) is 23.0. The van der Waals surface area contributed by atoms with Crippen molar-refractivity contribution < 1.29 is 58.7 Å². The monoisotopic (exact) mass is 720 g/mol. The van der Waals surface area contributed by atoms with Gasteiger partial charge in [-0.05, 0) is 88.2 Å². The maximum absolute atomic E-state index is 14.0. The Bertz CT molecular complexity index is 1100. The number of nitrogens with one attached hydrogen (secondary N) is 1. The Morgan fingerprint density at radius 1 is 0.900 bits per heavy atom. The molecule has 18 atom stereocenters. The number of esters is 1. The fourth-order valence-corrected chi connectivity index (χ4v) is 7.93. The molecule has 0 saturated carbocycles. The molecule has 3 aliphatic rings. The summed E-state index contributed by atoms with van der Waals surface area (Å²) in [5.74, 6) is -2.92. The molecule has 50 heavy (non-hydrogen) atoms.